The standard InChI is InChI=1S/C17H22ClN5O3S/c1-13-2-3-15(11-16(13)18)27(24,25)21-5-4-19-17-10-14(12-20-22-17)23-6-8-26-9-7-23/h2-3,10-12,21H,4-9H2,1H3,(H,19,22). The van der Waals surface area contributed by atoms with Crippen molar-refractivity contribution in [3.8, 4) is 0 Å². The van der Waals surface area contributed by atoms with Gasteiger partial charge < -0.3 is 15.0 Å². The molecule has 1 saturated heterocycles. The zero-order valence-corrected chi connectivity index (χ0v) is 16.6. The lowest BCUT2D eigenvalue weighted by molar-refractivity contribution is 0.122. The minimum atomic E-state index is -3.61. The third-order valence-electron chi connectivity index (χ3n) is 4.19. The van der Waals surface area contributed by atoms with Crippen LogP contribution in [0.2, 0.25) is 5.02 Å². The number of aryl methyl sites for hydroxylation is 1. The van der Waals surface area contributed by atoms with Crippen molar-refractivity contribution >= 4 is 33.1 Å². The summed E-state index contributed by atoms with van der Waals surface area (Å²) in [5, 5.41) is 11.5. The van der Waals surface area contributed by atoms with Crippen molar-refractivity contribution in [1.29, 1.82) is 0 Å². The van der Waals surface area contributed by atoms with Crippen LogP contribution in [-0.4, -0.2) is 58.0 Å². The SMILES string of the molecule is Cc1ccc(S(=O)(=O)NCCNc2cc(N3CCOCC3)cnn2)cc1Cl. The average Bonchev–Trinajstić information content (AvgIpc) is 2.68. The van der Waals surface area contributed by atoms with Crippen LogP contribution in [0.4, 0.5) is 11.5 Å². The Morgan fingerprint density at radius 2 is 2.00 bits per heavy atom. The summed E-state index contributed by atoms with van der Waals surface area (Å²) in [7, 11) is -3.61. The van der Waals surface area contributed by atoms with Crippen LogP contribution in [0.5, 0.6) is 0 Å². The van der Waals surface area contributed by atoms with Crippen molar-refractivity contribution in [3.63, 3.8) is 0 Å². The summed E-state index contributed by atoms with van der Waals surface area (Å²) < 4.78 is 32.5. The average molecular weight is 412 g/mol. The van der Waals surface area contributed by atoms with Crippen LogP contribution in [-0.2, 0) is 14.8 Å². The van der Waals surface area contributed by atoms with Crippen LogP contribution in [0.3, 0.4) is 0 Å². The summed E-state index contributed by atoms with van der Waals surface area (Å²) in [6, 6.07) is 6.56. The Balaban J connectivity index is 1.53. The first-order valence-electron chi connectivity index (χ1n) is 8.61. The molecule has 0 aliphatic carbocycles. The molecule has 2 aromatic rings. The van der Waals surface area contributed by atoms with Gasteiger partial charge in [-0.05, 0) is 24.6 Å². The molecule has 10 heteroatoms. The molecular formula is C17H22ClN5O3S. The van der Waals surface area contributed by atoms with Gasteiger partial charge in [-0.2, -0.15) is 5.10 Å². The number of morpholine rings is 1. The largest absolute Gasteiger partial charge is 0.378 e. The third-order valence-corrected chi connectivity index (χ3v) is 6.06. The molecule has 1 fully saturated rings. The number of sulfonamides is 1. The van der Waals surface area contributed by atoms with Crippen molar-refractivity contribution in [3.05, 3.63) is 41.0 Å². The van der Waals surface area contributed by atoms with Gasteiger partial charge in [0.2, 0.25) is 10.0 Å². The molecule has 1 aliphatic heterocycles. The van der Waals surface area contributed by atoms with E-state index in [1.807, 2.05) is 13.0 Å². The van der Waals surface area contributed by atoms with E-state index in [0.717, 1.165) is 24.3 Å². The minimum absolute atomic E-state index is 0.146. The number of aromatic nitrogens is 2. The van der Waals surface area contributed by atoms with E-state index < -0.39 is 10.0 Å². The van der Waals surface area contributed by atoms with Crippen LogP contribution in [0.15, 0.2) is 35.4 Å². The van der Waals surface area contributed by atoms with Crippen molar-refractivity contribution in [2.75, 3.05) is 49.6 Å². The van der Waals surface area contributed by atoms with E-state index in [9.17, 15) is 8.42 Å². The molecular weight excluding hydrogens is 390 g/mol. The molecule has 0 bridgehead atoms. The highest BCUT2D eigenvalue weighted by atomic mass is 35.5. The lowest BCUT2D eigenvalue weighted by Gasteiger charge is -2.28. The number of hydrogen-bond donors (Lipinski definition) is 2. The zero-order valence-electron chi connectivity index (χ0n) is 15.0. The van der Waals surface area contributed by atoms with Gasteiger partial charge in [-0.15, -0.1) is 5.10 Å². The van der Waals surface area contributed by atoms with Crippen molar-refractivity contribution in [2.45, 2.75) is 11.8 Å². The molecule has 0 amide bonds. The fourth-order valence-corrected chi connectivity index (χ4v) is 3.94. The lowest BCUT2D eigenvalue weighted by atomic mass is 10.2. The maximum absolute atomic E-state index is 12.3. The third kappa shape index (κ3) is 5.29. The number of ether oxygens (including phenoxy) is 1. The quantitative estimate of drug-likeness (QED) is 0.669. The first kappa shape index (κ1) is 19.8. The van der Waals surface area contributed by atoms with Gasteiger partial charge in [0.1, 0.15) is 0 Å². The van der Waals surface area contributed by atoms with Crippen LogP contribution in [0, 0.1) is 6.92 Å². The van der Waals surface area contributed by atoms with Gasteiger partial charge >= 0.3 is 0 Å². The lowest BCUT2D eigenvalue weighted by Crippen LogP contribution is -2.36. The molecule has 146 valence electrons. The van der Waals surface area contributed by atoms with E-state index in [1.54, 1.807) is 12.3 Å². The summed E-state index contributed by atoms with van der Waals surface area (Å²) in [6.45, 7) is 5.40. The summed E-state index contributed by atoms with van der Waals surface area (Å²) in [5.74, 6) is 0.594. The van der Waals surface area contributed by atoms with Gasteiger partial charge in [-0.25, -0.2) is 13.1 Å². The van der Waals surface area contributed by atoms with Crippen LogP contribution in [0.1, 0.15) is 5.56 Å². The second-order valence-electron chi connectivity index (χ2n) is 6.13. The van der Waals surface area contributed by atoms with Crippen molar-refractivity contribution < 1.29 is 13.2 Å². The van der Waals surface area contributed by atoms with Gasteiger partial charge in [-0.3, -0.25) is 0 Å². The Labute approximate surface area is 163 Å². The fourth-order valence-electron chi connectivity index (χ4n) is 2.64. The number of benzene rings is 1. The van der Waals surface area contributed by atoms with Gasteiger partial charge in [0.25, 0.3) is 0 Å². The molecule has 27 heavy (non-hydrogen) atoms. The highest BCUT2D eigenvalue weighted by Gasteiger charge is 2.15. The van der Waals surface area contributed by atoms with Gasteiger partial charge in [-0.1, -0.05) is 17.7 Å². The normalized spacial score (nSPS) is 15.0. The Morgan fingerprint density at radius 3 is 2.74 bits per heavy atom. The molecule has 1 aromatic carbocycles. The Kier molecular flexibility index (Phi) is 6.48. The van der Waals surface area contributed by atoms with Crippen LogP contribution in [0.25, 0.3) is 0 Å². The van der Waals surface area contributed by atoms with E-state index in [2.05, 4.69) is 25.1 Å². The predicted molar refractivity (Wildman–Crippen MR) is 105 cm³/mol. The maximum atomic E-state index is 12.3. The Bertz CT molecular complexity index is 888. The number of nitrogens with one attached hydrogen (secondary N) is 2. The number of anilines is 2. The summed E-state index contributed by atoms with van der Waals surface area (Å²) in [6.07, 6.45) is 1.71. The highest BCUT2D eigenvalue weighted by Crippen LogP contribution is 2.20. The molecule has 1 aliphatic rings. The molecule has 0 radical (unpaired) electrons. The van der Waals surface area contributed by atoms with Crippen molar-refractivity contribution in [2.24, 2.45) is 0 Å². The predicted octanol–water partition coefficient (Wildman–Crippen LogP) is 1.67. The van der Waals surface area contributed by atoms with E-state index in [4.69, 9.17) is 16.3 Å². The number of hydrogen-bond acceptors (Lipinski definition) is 7. The van der Waals surface area contributed by atoms with Gasteiger partial charge in [0.15, 0.2) is 5.82 Å². The van der Waals surface area contributed by atoms with E-state index in [-0.39, 0.29) is 11.4 Å². The minimum Gasteiger partial charge on any atom is -0.378 e. The topological polar surface area (TPSA) is 96.5 Å². The number of nitrogens with zero attached hydrogens (tertiary/aromatic N) is 3. The van der Waals surface area contributed by atoms with Gasteiger partial charge in [0.05, 0.1) is 30.0 Å². The highest BCUT2D eigenvalue weighted by molar-refractivity contribution is 7.89. The molecule has 0 unspecified atom stereocenters. The Morgan fingerprint density at radius 1 is 1.22 bits per heavy atom. The number of halogens is 1. The first-order chi connectivity index (χ1) is 13.0. The van der Waals surface area contributed by atoms with E-state index >= 15 is 0 Å². The molecule has 0 saturated carbocycles. The molecule has 0 atom stereocenters. The molecule has 3 rings (SSSR count). The smallest absolute Gasteiger partial charge is 0.240 e. The molecule has 8 nitrogen and oxygen atoms in total. The van der Waals surface area contributed by atoms with Crippen LogP contribution < -0.4 is 14.9 Å². The second kappa shape index (κ2) is 8.83. The molecule has 1 aromatic heterocycles. The Hall–Kier alpha value is -1.94. The monoisotopic (exact) mass is 411 g/mol. The van der Waals surface area contributed by atoms with Gasteiger partial charge in [0, 0.05) is 37.3 Å². The summed E-state index contributed by atoms with van der Waals surface area (Å²) in [4.78, 5) is 2.32. The zero-order chi connectivity index (χ0) is 19.3. The van der Waals surface area contributed by atoms with Crippen LogP contribution >= 0.6 is 11.6 Å². The first-order valence-corrected chi connectivity index (χ1v) is 10.5. The summed E-state index contributed by atoms with van der Waals surface area (Å²) in [5.41, 5.74) is 1.79. The second-order valence-corrected chi connectivity index (χ2v) is 8.31. The molecule has 0 spiro atoms. The van der Waals surface area contributed by atoms with E-state index in [0.29, 0.717) is 30.6 Å². The van der Waals surface area contributed by atoms with E-state index in [1.165, 1.54) is 12.1 Å². The van der Waals surface area contributed by atoms with Crippen molar-refractivity contribution in [1.82, 2.24) is 14.9 Å². The molecule has 2 N–H and O–H groups in total. The maximum Gasteiger partial charge on any atom is 0.240 e. The fraction of sp³-hybridized carbons (Fsp3) is 0.412. The molecule has 2 heterocycles. The number of rotatable bonds is 7. The summed E-state index contributed by atoms with van der Waals surface area (Å²) >= 11 is 6.01.